The van der Waals surface area contributed by atoms with Gasteiger partial charge >= 0.3 is 5.97 Å². The van der Waals surface area contributed by atoms with Crippen LogP contribution in [-0.4, -0.2) is 20.9 Å². The lowest BCUT2D eigenvalue weighted by molar-refractivity contribution is 0.0692. The molecule has 1 aromatic carbocycles. The Morgan fingerprint density at radius 1 is 1.35 bits per heavy atom. The number of carbonyl (C=O) groups is 1. The van der Waals surface area contributed by atoms with E-state index in [9.17, 15) is 9.90 Å². The maximum atomic E-state index is 11.2. The molecule has 0 saturated carbocycles. The van der Waals surface area contributed by atoms with Gasteiger partial charge in [-0.1, -0.05) is 30.0 Å². The van der Waals surface area contributed by atoms with Crippen molar-refractivity contribution in [1.29, 1.82) is 0 Å². The molecule has 1 heterocycles. The molecule has 0 aliphatic rings. The molecule has 88 valence electrons. The lowest BCUT2D eigenvalue weighted by Crippen LogP contribution is -2.00. The molecule has 0 saturated heterocycles. The molecule has 0 spiro atoms. The number of aromatic nitrogens is 2. The van der Waals surface area contributed by atoms with Gasteiger partial charge in [-0.05, 0) is 19.1 Å². The summed E-state index contributed by atoms with van der Waals surface area (Å²) >= 11 is 1.41. The van der Waals surface area contributed by atoms with Crippen LogP contribution in [-0.2, 0) is 7.05 Å². The van der Waals surface area contributed by atoms with Crippen LogP contribution in [0.3, 0.4) is 0 Å². The highest BCUT2D eigenvalue weighted by Gasteiger charge is 2.20. The minimum Gasteiger partial charge on any atom is -0.478 e. The lowest BCUT2D eigenvalue weighted by atomic mass is 10.3. The monoisotopic (exact) mass is 248 g/mol. The molecular weight excluding hydrogens is 236 g/mol. The van der Waals surface area contributed by atoms with E-state index in [-0.39, 0.29) is 5.56 Å². The molecule has 2 aromatic rings. The smallest absolute Gasteiger partial charge is 0.340 e. The molecular formula is C12H12N2O2S. The molecule has 0 fully saturated rings. The fourth-order valence-electron chi connectivity index (χ4n) is 1.60. The predicted molar refractivity (Wildman–Crippen MR) is 65.5 cm³/mol. The number of rotatable bonds is 3. The van der Waals surface area contributed by atoms with Crippen LogP contribution in [0, 0.1) is 6.92 Å². The molecule has 2 rings (SSSR count). The van der Waals surface area contributed by atoms with Crippen LogP contribution in [0.4, 0.5) is 0 Å². The second-order valence-electron chi connectivity index (χ2n) is 3.61. The van der Waals surface area contributed by atoms with Crippen LogP contribution in [0.1, 0.15) is 16.1 Å². The summed E-state index contributed by atoms with van der Waals surface area (Å²) in [5, 5.41) is 14.0. The molecule has 4 nitrogen and oxygen atoms in total. The second kappa shape index (κ2) is 4.63. The fraction of sp³-hybridized carbons (Fsp3) is 0.167. The van der Waals surface area contributed by atoms with Crippen LogP contribution in [0.5, 0.6) is 0 Å². The predicted octanol–water partition coefficient (Wildman–Crippen LogP) is 2.58. The molecule has 17 heavy (non-hydrogen) atoms. The van der Waals surface area contributed by atoms with Crippen LogP contribution in [0.2, 0.25) is 0 Å². The summed E-state index contributed by atoms with van der Waals surface area (Å²) in [5.74, 6) is -0.936. The van der Waals surface area contributed by atoms with E-state index in [1.54, 1.807) is 18.7 Å². The Kier molecular flexibility index (Phi) is 3.19. The third-order valence-corrected chi connectivity index (χ3v) is 3.51. The number of hydrogen-bond acceptors (Lipinski definition) is 3. The van der Waals surface area contributed by atoms with Crippen molar-refractivity contribution < 1.29 is 9.90 Å². The van der Waals surface area contributed by atoms with Crippen molar-refractivity contribution in [2.24, 2.45) is 7.05 Å². The van der Waals surface area contributed by atoms with Crippen molar-refractivity contribution in [2.45, 2.75) is 16.8 Å². The molecule has 5 heteroatoms. The number of aromatic carboxylic acids is 1. The first-order valence-corrected chi connectivity index (χ1v) is 5.91. The highest BCUT2D eigenvalue weighted by Crippen LogP contribution is 2.31. The molecule has 0 bridgehead atoms. The standard InChI is InChI=1S/C12H12N2O2S/c1-8-10(12(15)16)11(14(2)13-8)17-9-6-4-3-5-7-9/h3-7H,1-2H3,(H,15,16). The Bertz CT molecular complexity index is 549. The zero-order chi connectivity index (χ0) is 12.4. The summed E-state index contributed by atoms with van der Waals surface area (Å²) in [6.07, 6.45) is 0. The molecule has 0 amide bonds. The molecule has 0 aliphatic heterocycles. The van der Waals surface area contributed by atoms with Gasteiger partial charge in [0.1, 0.15) is 10.6 Å². The minimum atomic E-state index is -0.936. The van der Waals surface area contributed by atoms with Crippen molar-refractivity contribution in [3.05, 3.63) is 41.6 Å². The SMILES string of the molecule is Cc1nn(C)c(Sc2ccccc2)c1C(=O)O. The van der Waals surface area contributed by atoms with Crippen molar-refractivity contribution >= 4 is 17.7 Å². The topological polar surface area (TPSA) is 55.1 Å². The average molecular weight is 248 g/mol. The summed E-state index contributed by atoms with van der Waals surface area (Å²) in [7, 11) is 1.75. The third-order valence-electron chi connectivity index (χ3n) is 2.34. The number of carboxylic acid groups (broad SMARTS) is 1. The quantitative estimate of drug-likeness (QED) is 0.907. The zero-order valence-electron chi connectivity index (χ0n) is 9.54. The van der Waals surface area contributed by atoms with Gasteiger partial charge in [-0.15, -0.1) is 0 Å². The maximum Gasteiger partial charge on any atom is 0.340 e. The highest BCUT2D eigenvalue weighted by molar-refractivity contribution is 7.99. The molecule has 1 N–H and O–H groups in total. The van der Waals surface area contributed by atoms with E-state index < -0.39 is 5.97 Å². The zero-order valence-corrected chi connectivity index (χ0v) is 10.4. The van der Waals surface area contributed by atoms with Gasteiger partial charge < -0.3 is 5.11 Å². The largest absolute Gasteiger partial charge is 0.478 e. The van der Waals surface area contributed by atoms with Gasteiger partial charge in [0.15, 0.2) is 0 Å². The normalized spacial score (nSPS) is 10.5. The maximum absolute atomic E-state index is 11.2. The average Bonchev–Trinajstić information content (AvgIpc) is 2.55. The van der Waals surface area contributed by atoms with E-state index in [1.165, 1.54) is 11.8 Å². The van der Waals surface area contributed by atoms with Crippen LogP contribution in [0.15, 0.2) is 40.3 Å². The van der Waals surface area contributed by atoms with E-state index in [0.717, 1.165) is 4.90 Å². The molecule has 0 atom stereocenters. The molecule has 0 unspecified atom stereocenters. The van der Waals surface area contributed by atoms with Gasteiger partial charge in [0.05, 0.1) is 5.69 Å². The van der Waals surface area contributed by atoms with Gasteiger partial charge in [0.25, 0.3) is 0 Å². The summed E-state index contributed by atoms with van der Waals surface area (Å²) < 4.78 is 1.61. The minimum absolute atomic E-state index is 0.279. The first-order valence-electron chi connectivity index (χ1n) is 5.09. The summed E-state index contributed by atoms with van der Waals surface area (Å²) in [6.45, 7) is 1.71. The van der Waals surface area contributed by atoms with Crippen molar-refractivity contribution in [3.63, 3.8) is 0 Å². The number of nitrogens with zero attached hydrogens (tertiary/aromatic N) is 2. The van der Waals surface area contributed by atoms with Crippen molar-refractivity contribution in [2.75, 3.05) is 0 Å². The number of carboxylic acids is 1. The fourth-order valence-corrected chi connectivity index (χ4v) is 2.63. The summed E-state index contributed by atoms with van der Waals surface area (Å²) in [4.78, 5) is 12.2. The van der Waals surface area contributed by atoms with E-state index in [2.05, 4.69) is 5.10 Å². The number of benzene rings is 1. The van der Waals surface area contributed by atoms with E-state index in [0.29, 0.717) is 10.7 Å². The van der Waals surface area contributed by atoms with Crippen LogP contribution >= 0.6 is 11.8 Å². The van der Waals surface area contributed by atoms with E-state index in [4.69, 9.17) is 0 Å². The van der Waals surface area contributed by atoms with Gasteiger partial charge in [-0.2, -0.15) is 5.10 Å². The molecule has 0 radical (unpaired) electrons. The van der Waals surface area contributed by atoms with Gasteiger partial charge in [-0.25, -0.2) is 4.79 Å². The van der Waals surface area contributed by atoms with Gasteiger partial charge in [-0.3, -0.25) is 4.68 Å². The third kappa shape index (κ3) is 2.34. The highest BCUT2D eigenvalue weighted by atomic mass is 32.2. The first-order chi connectivity index (χ1) is 8.09. The van der Waals surface area contributed by atoms with E-state index >= 15 is 0 Å². The summed E-state index contributed by atoms with van der Waals surface area (Å²) in [5.41, 5.74) is 0.819. The second-order valence-corrected chi connectivity index (χ2v) is 4.67. The van der Waals surface area contributed by atoms with Crippen LogP contribution in [0.25, 0.3) is 0 Å². The Labute approximate surface area is 103 Å². The number of hydrogen-bond donors (Lipinski definition) is 1. The van der Waals surface area contributed by atoms with Crippen molar-refractivity contribution in [3.8, 4) is 0 Å². The lowest BCUT2D eigenvalue weighted by Gasteiger charge is -2.03. The van der Waals surface area contributed by atoms with Crippen LogP contribution < -0.4 is 0 Å². The van der Waals surface area contributed by atoms with Gasteiger partial charge in [0, 0.05) is 11.9 Å². The Hall–Kier alpha value is -1.75. The Morgan fingerprint density at radius 2 is 2.00 bits per heavy atom. The first kappa shape index (κ1) is 11.7. The Balaban J connectivity index is 2.42. The molecule has 0 aliphatic carbocycles. The summed E-state index contributed by atoms with van der Waals surface area (Å²) in [6, 6.07) is 9.66. The Morgan fingerprint density at radius 3 is 2.59 bits per heavy atom. The van der Waals surface area contributed by atoms with Gasteiger partial charge in [0.2, 0.25) is 0 Å². The molecule has 1 aromatic heterocycles. The van der Waals surface area contributed by atoms with Crippen molar-refractivity contribution in [1.82, 2.24) is 9.78 Å². The number of aryl methyl sites for hydroxylation is 2. The van der Waals surface area contributed by atoms with E-state index in [1.807, 2.05) is 30.3 Å².